The minimum atomic E-state index is -0.395. The van der Waals surface area contributed by atoms with E-state index in [0.29, 0.717) is 31.6 Å². The maximum atomic E-state index is 10.6. The average Bonchev–Trinajstić information content (AvgIpc) is 3.22. The van der Waals surface area contributed by atoms with Gasteiger partial charge in [-0.3, -0.25) is 0 Å². The molecule has 0 unspecified atom stereocenters. The maximum Gasteiger partial charge on any atom is 0.320 e. The van der Waals surface area contributed by atoms with Gasteiger partial charge >= 0.3 is 6.01 Å². The van der Waals surface area contributed by atoms with Crippen LogP contribution in [0.3, 0.4) is 0 Å². The number of anilines is 1. The van der Waals surface area contributed by atoms with Gasteiger partial charge in [0.15, 0.2) is 5.82 Å². The average molecular weight is 461 g/mol. The first-order valence-electron chi connectivity index (χ1n) is 10.8. The number of aromatic nitrogens is 4. The molecule has 2 N–H and O–H groups in total. The van der Waals surface area contributed by atoms with Crippen molar-refractivity contribution in [1.82, 2.24) is 25.1 Å². The first-order valence-corrected chi connectivity index (χ1v) is 10.8. The zero-order valence-corrected chi connectivity index (χ0v) is 19.1. The van der Waals surface area contributed by atoms with Gasteiger partial charge in [0.25, 0.3) is 0 Å². The number of aryl methyl sites for hydroxylation is 1. The highest BCUT2D eigenvalue weighted by atomic mass is 35.5. The number of ether oxygens (including phenoxy) is 2. The van der Waals surface area contributed by atoms with Gasteiger partial charge in [0.2, 0.25) is 0 Å². The second-order valence-corrected chi connectivity index (χ2v) is 8.16. The topological polar surface area (TPSA) is 97.6 Å². The van der Waals surface area contributed by atoms with Crippen LogP contribution in [-0.4, -0.2) is 77.5 Å². The number of rotatable bonds is 4. The van der Waals surface area contributed by atoms with E-state index >= 15 is 0 Å². The van der Waals surface area contributed by atoms with Crippen LogP contribution >= 0.6 is 12.4 Å². The van der Waals surface area contributed by atoms with Gasteiger partial charge in [-0.15, -0.1) is 12.4 Å². The summed E-state index contributed by atoms with van der Waals surface area (Å²) in [5, 5.41) is 19.5. The molecule has 172 valence electrons. The van der Waals surface area contributed by atoms with E-state index in [0.717, 1.165) is 48.3 Å². The number of methoxy groups -OCH3 is 1. The highest BCUT2D eigenvalue weighted by molar-refractivity contribution is 5.85. The molecule has 2 aliphatic rings. The fourth-order valence-electron chi connectivity index (χ4n) is 4.55. The van der Waals surface area contributed by atoms with Crippen molar-refractivity contribution in [3.05, 3.63) is 35.5 Å². The molecule has 32 heavy (non-hydrogen) atoms. The lowest BCUT2D eigenvalue weighted by molar-refractivity contribution is 0.118. The summed E-state index contributed by atoms with van der Waals surface area (Å²) in [4.78, 5) is 11.3. The van der Waals surface area contributed by atoms with Crippen LogP contribution in [0.4, 0.5) is 5.82 Å². The molecular formula is C22H29ClN6O3. The van der Waals surface area contributed by atoms with Crippen LogP contribution in [0.2, 0.25) is 0 Å². The summed E-state index contributed by atoms with van der Waals surface area (Å²) in [7, 11) is 1.57. The van der Waals surface area contributed by atoms with E-state index in [2.05, 4.69) is 44.3 Å². The molecule has 0 spiro atoms. The quantitative estimate of drug-likeness (QED) is 0.608. The van der Waals surface area contributed by atoms with E-state index in [1.165, 1.54) is 5.56 Å². The van der Waals surface area contributed by atoms with E-state index in [-0.39, 0.29) is 18.3 Å². The minimum absolute atomic E-state index is 0. The van der Waals surface area contributed by atoms with E-state index in [9.17, 15) is 5.11 Å². The molecule has 3 aromatic rings. The van der Waals surface area contributed by atoms with Gasteiger partial charge < -0.3 is 24.8 Å². The van der Waals surface area contributed by atoms with E-state index < -0.39 is 6.10 Å². The van der Waals surface area contributed by atoms with Crippen LogP contribution in [0.15, 0.2) is 24.4 Å². The number of aliphatic hydroxyl groups is 1. The lowest BCUT2D eigenvalue weighted by Crippen LogP contribution is -2.39. The van der Waals surface area contributed by atoms with Crippen molar-refractivity contribution in [1.29, 1.82) is 0 Å². The number of halogens is 1. The minimum Gasteiger partial charge on any atom is -0.467 e. The summed E-state index contributed by atoms with van der Waals surface area (Å²) in [6.45, 7) is 6.52. The summed E-state index contributed by atoms with van der Waals surface area (Å²) >= 11 is 0. The number of fused-ring (bicyclic) bond motifs is 1. The summed E-state index contributed by atoms with van der Waals surface area (Å²) in [5.74, 6) is 1.57. The first-order chi connectivity index (χ1) is 15.1. The Bertz CT molecular complexity index is 1080. The Labute approximate surface area is 193 Å². The summed E-state index contributed by atoms with van der Waals surface area (Å²) in [6.07, 6.45) is 2.37. The standard InChI is InChI=1S/C22H28N6O3.ClH/c1-14-9-15-12-24-28(18(15)10-17(14)16-3-4-23-13-19(16)29)21-11-20(25-22(26-21)30-2)27-5-7-31-8-6-27;/h9-12,16,19,23,29H,3-8,13H2,1-2H3;1H/t16-,19+;/m0./s1. The molecule has 2 aromatic heterocycles. The Balaban J connectivity index is 0.00000245. The number of hydrogen-bond acceptors (Lipinski definition) is 8. The van der Waals surface area contributed by atoms with E-state index in [1.807, 2.05) is 16.9 Å². The molecule has 0 radical (unpaired) electrons. The van der Waals surface area contributed by atoms with Gasteiger partial charge in [-0.2, -0.15) is 15.1 Å². The smallest absolute Gasteiger partial charge is 0.320 e. The lowest BCUT2D eigenvalue weighted by Gasteiger charge is -2.30. The van der Waals surface area contributed by atoms with Crippen LogP contribution in [0.1, 0.15) is 23.5 Å². The van der Waals surface area contributed by atoms with Crippen molar-refractivity contribution in [2.45, 2.75) is 25.4 Å². The van der Waals surface area contributed by atoms with Gasteiger partial charge in [-0.05, 0) is 43.1 Å². The fourth-order valence-corrected chi connectivity index (χ4v) is 4.55. The normalized spacial score (nSPS) is 21.4. The first kappa shape index (κ1) is 22.7. The van der Waals surface area contributed by atoms with Crippen LogP contribution in [0, 0.1) is 6.92 Å². The van der Waals surface area contributed by atoms with Crippen LogP contribution in [-0.2, 0) is 4.74 Å². The second-order valence-electron chi connectivity index (χ2n) is 8.16. The van der Waals surface area contributed by atoms with E-state index in [4.69, 9.17) is 9.47 Å². The monoisotopic (exact) mass is 460 g/mol. The van der Waals surface area contributed by atoms with Crippen LogP contribution < -0.4 is 15.0 Å². The Hall–Kier alpha value is -2.46. The molecule has 5 rings (SSSR count). The van der Waals surface area contributed by atoms with Gasteiger partial charge in [0.1, 0.15) is 5.82 Å². The third-order valence-electron chi connectivity index (χ3n) is 6.22. The molecule has 0 bridgehead atoms. The largest absolute Gasteiger partial charge is 0.467 e. The number of β-amino-alcohol motifs (C(OH)–C–C–N with tert-alkyl or cyclic N) is 1. The van der Waals surface area contributed by atoms with Crippen molar-refractivity contribution < 1.29 is 14.6 Å². The molecule has 4 heterocycles. The van der Waals surface area contributed by atoms with Crippen molar-refractivity contribution >= 4 is 29.1 Å². The molecule has 9 nitrogen and oxygen atoms in total. The molecule has 10 heteroatoms. The zero-order valence-electron chi connectivity index (χ0n) is 18.3. The molecule has 2 fully saturated rings. The predicted octanol–water partition coefficient (Wildman–Crippen LogP) is 1.83. The highest BCUT2D eigenvalue weighted by Crippen LogP contribution is 2.32. The molecule has 0 amide bonds. The molecular weight excluding hydrogens is 432 g/mol. The number of nitrogens with one attached hydrogen (secondary N) is 1. The molecule has 1 aromatic carbocycles. The number of nitrogens with zero attached hydrogens (tertiary/aromatic N) is 5. The Kier molecular flexibility index (Phi) is 6.80. The third kappa shape index (κ3) is 4.25. The number of hydrogen-bond donors (Lipinski definition) is 2. The van der Waals surface area contributed by atoms with Crippen LogP contribution in [0.25, 0.3) is 16.7 Å². The summed E-state index contributed by atoms with van der Waals surface area (Å²) in [6, 6.07) is 6.55. The molecule has 2 atom stereocenters. The van der Waals surface area contributed by atoms with Crippen LogP contribution in [0.5, 0.6) is 6.01 Å². The molecule has 2 saturated heterocycles. The number of benzene rings is 1. The molecule has 0 saturated carbocycles. The van der Waals surface area contributed by atoms with Gasteiger partial charge in [0.05, 0.1) is 38.1 Å². The molecule has 2 aliphatic heterocycles. The second kappa shape index (κ2) is 9.58. The third-order valence-corrected chi connectivity index (χ3v) is 6.22. The van der Waals surface area contributed by atoms with Gasteiger partial charge in [-0.1, -0.05) is 0 Å². The Morgan fingerprint density at radius 2 is 1.94 bits per heavy atom. The fraction of sp³-hybridized carbons (Fsp3) is 0.500. The number of morpholine rings is 1. The van der Waals surface area contributed by atoms with E-state index in [1.54, 1.807) is 7.11 Å². The van der Waals surface area contributed by atoms with Gasteiger partial charge in [-0.25, -0.2) is 4.68 Å². The lowest BCUT2D eigenvalue weighted by atomic mass is 9.85. The number of aliphatic hydroxyl groups excluding tert-OH is 1. The number of piperidine rings is 1. The van der Waals surface area contributed by atoms with Crippen molar-refractivity contribution in [2.24, 2.45) is 0 Å². The molecule has 0 aliphatic carbocycles. The predicted molar refractivity (Wildman–Crippen MR) is 124 cm³/mol. The van der Waals surface area contributed by atoms with Crippen molar-refractivity contribution in [3.63, 3.8) is 0 Å². The Morgan fingerprint density at radius 3 is 2.69 bits per heavy atom. The zero-order chi connectivity index (χ0) is 21.4. The van der Waals surface area contributed by atoms with Crippen molar-refractivity contribution in [2.75, 3.05) is 51.4 Å². The van der Waals surface area contributed by atoms with Gasteiger partial charge in [0, 0.05) is 37.0 Å². The summed E-state index contributed by atoms with van der Waals surface area (Å²) < 4.78 is 12.7. The van der Waals surface area contributed by atoms with Crippen molar-refractivity contribution in [3.8, 4) is 11.8 Å². The summed E-state index contributed by atoms with van der Waals surface area (Å²) in [5.41, 5.74) is 3.30. The Morgan fingerprint density at radius 1 is 1.16 bits per heavy atom. The highest BCUT2D eigenvalue weighted by Gasteiger charge is 2.26. The SMILES string of the molecule is COc1nc(N2CCOCC2)cc(-n2ncc3cc(C)c([C@@H]4CCNC[C@H]4O)cc32)n1.Cl. The maximum absolute atomic E-state index is 10.6.